The van der Waals surface area contributed by atoms with Gasteiger partial charge in [-0.1, -0.05) is 52.8 Å². The van der Waals surface area contributed by atoms with Crippen LogP contribution in [0.3, 0.4) is 0 Å². The summed E-state index contributed by atoms with van der Waals surface area (Å²) >= 11 is 0. The Balaban J connectivity index is 1.77. The molecule has 0 saturated heterocycles. The highest BCUT2D eigenvalue weighted by atomic mass is 16.1. The number of Topliss-reactive ketones (excluding diaryl/α,β-unsaturated/α-hetero) is 2. The van der Waals surface area contributed by atoms with E-state index in [-0.39, 0.29) is 28.3 Å². The molecule has 4 heteroatoms. The summed E-state index contributed by atoms with van der Waals surface area (Å²) < 4.78 is 2.29. The van der Waals surface area contributed by atoms with Gasteiger partial charge in [-0.05, 0) is 41.7 Å². The number of carbonyl (C=O) groups excluding carboxylic acids is 2. The molecule has 0 saturated carbocycles. The zero-order valence-electron chi connectivity index (χ0n) is 20.0. The molecule has 1 aromatic carbocycles. The molecular weight excluding hydrogens is 396 g/mol. The molecule has 1 N–H and O–H groups in total. The number of nitrogens with zero attached hydrogens (tertiary/aromatic N) is 1. The van der Waals surface area contributed by atoms with Gasteiger partial charge >= 0.3 is 0 Å². The number of benzene rings is 1. The van der Waals surface area contributed by atoms with Gasteiger partial charge in [0.25, 0.3) is 0 Å². The van der Waals surface area contributed by atoms with Crippen molar-refractivity contribution in [1.29, 1.82) is 0 Å². The molecule has 168 valence electrons. The van der Waals surface area contributed by atoms with Gasteiger partial charge in [0.05, 0.1) is 0 Å². The summed E-state index contributed by atoms with van der Waals surface area (Å²) in [5, 5.41) is 4.77. The highest BCUT2D eigenvalue weighted by molar-refractivity contribution is 6.08. The van der Waals surface area contributed by atoms with Crippen molar-refractivity contribution in [1.82, 2.24) is 9.88 Å². The van der Waals surface area contributed by atoms with E-state index in [2.05, 4.69) is 75.0 Å². The highest BCUT2D eigenvalue weighted by Crippen LogP contribution is 2.52. The van der Waals surface area contributed by atoms with Crippen molar-refractivity contribution >= 4 is 22.5 Å². The van der Waals surface area contributed by atoms with Crippen LogP contribution in [0.25, 0.3) is 10.9 Å². The Bertz CT molecular complexity index is 1150. The fraction of sp³-hybridized carbons (Fsp3) is 0.500. The zero-order valence-corrected chi connectivity index (χ0v) is 20.0. The van der Waals surface area contributed by atoms with E-state index >= 15 is 0 Å². The molecule has 4 nitrogen and oxygen atoms in total. The number of aromatic nitrogens is 1. The molecule has 0 unspecified atom stereocenters. The van der Waals surface area contributed by atoms with Crippen LogP contribution < -0.4 is 5.32 Å². The monoisotopic (exact) mass is 430 g/mol. The second-order valence-electron chi connectivity index (χ2n) is 11.5. The first-order chi connectivity index (χ1) is 15.1. The van der Waals surface area contributed by atoms with E-state index in [0.29, 0.717) is 12.8 Å². The summed E-state index contributed by atoms with van der Waals surface area (Å²) in [6, 6.07) is 8.43. The van der Waals surface area contributed by atoms with Gasteiger partial charge in [-0.2, -0.15) is 0 Å². The van der Waals surface area contributed by atoms with Gasteiger partial charge in [0.1, 0.15) is 0 Å². The van der Waals surface area contributed by atoms with Gasteiger partial charge in [0.15, 0.2) is 11.6 Å². The SMILES string of the molecule is CCCn1cc(C2C3=C(CC(C)(C)CC3=O)NC3=C2C(=O)CC(C)(C)C3)c2ccccc21. The maximum absolute atomic E-state index is 13.6. The molecule has 0 bridgehead atoms. The lowest BCUT2D eigenvalue weighted by Crippen LogP contribution is -2.42. The molecule has 0 spiro atoms. The third-order valence-corrected chi connectivity index (χ3v) is 7.31. The second-order valence-corrected chi connectivity index (χ2v) is 11.5. The van der Waals surface area contributed by atoms with E-state index in [1.165, 1.54) is 5.52 Å². The lowest BCUT2D eigenvalue weighted by Gasteiger charge is -2.43. The molecule has 3 aliphatic rings. The van der Waals surface area contributed by atoms with Crippen LogP contribution in [0.5, 0.6) is 0 Å². The third-order valence-electron chi connectivity index (χ3n) is 7.31. The molecule has 32 heavy (non-hydrogen) atoms. The van der Waals surface area contributed by atoms with Crippen molar-refractivity contribution in [2.45, 2.75) is 79.2 Å². The van der Waals surface area contributed by atoms with Gasteiger partial charge in [0, 0.05) is 64.9 Å². The van der Waals surface area contributed by atoms with Crippen LogP contribution in [0.2, 0.25) is 0 Å². The summed E-state index contributed by atoms with van der Waals surface area (Å²) in [6.45, 7) is 11.8. The first-order valence-corrected chi connectivity index (χ1v) is 12.0. The van der Waals surface area contributed by atoms with Crippen LogP contribution >= 0.6 is 0 Å². The average Bonchev–Trinajstić information content (AvgIpc) is 3.03. The van der Waals surface area contributed by atoms with Crippen LogP contribution in [0.4, 0.5) is 0 Å². The van der Waals surface area contributed by atoms with Gasteiger partial charge in [-0.3, -0.25) is 9.59 Å². The Kier molecular flexibility index (Phi) is 4.77. The smallest absolute Gasteiger partial charge is 0.162 e. The van der Waals surface area contributed by atoms with E-state index in [1.807, 2.05) is 0 Å². The molecule has 2 heterocycles. The standard InChI is InChI=1S/C28H34N2O2/c1-6-11-30-16-18(17-9-7-8-10-21(17)30)24-25-19(12-27(2,3)14-22(25)31)29-20-13-28(4,5)15-23(32)26(20)24/h7-10,16,24,29H,6,11-15H2,1-5H3. The number of carbonyl (C=O) groups is 2. The molecule has 1 aliphatic heterocycles. The maximum Gasteiger partial charge on any atom is 0.162 e. The topological polar surface area (TPSA) is 51.1 Å². The summed E-state index contributed by atoms with van der Waals surface area (Å²) in [5.41, 5.74) is 5.87. The fourth-order valence-electron chi connectivity index (χ4n) is 6.13. The number of nitrogens with one attached hydrogen (secondary N) is 1. The van der Waals surface area contributed by atoms with E-state index in [9.17, 15) is 9.59 Å². The van der Waals surface area contributed by atoms with Crippen LogP contribution in [-0.2, 0) is 16.1 Å². The summed E-state index contributed by atoms with van der Waals surface area (Å²) in [4.78, 5) is 27.1. The lowest BCUT2D eigenvalue weighted by molar-refractivity contribution is -0.119. The first kappa shape index (κ1) is 21.2. The van der Waals surface area contributed by atoms with Crippen LogP contribution in [-0.4, -0.2) is 16.1 Å². The van der Waals surface area contributed by atoms with Crippen molar-refractivity contribution in [3.05, 3.63) is 58.6 Å². The Labute approximate surface area is 190 Å². The minimum absolute atomic E-state index is 0.0735. The molecule has 2 aliphatic carbocycles. The van der Waals surface area contributed by atoms with Crippen molar-refractivity contribution < 1.29 is 9.59 Å². The maximum atomic E-state index is 13.6. The van der Waals surface area contributed by atoms with Gasteiger partial charge in [-0.25, -0.2) is 0 Å². The molecule has 0 fully saturated rings. The molecule has 0 radical (unpaired) electrons. The number of rotatable bonds is 3. The lowest BCUT2D eigenvalue weighted by atomic mass is 9.64. The van der Waals surface area contributed by atoms with Gasteiger partial charge < -0.3 is 9.88 Å². The summed E-state index contributed by atoms with van der Waals surface area (Å²) in [6.07, 6.45) is 5.97. The van der Waals surface area contributed by atoms with E-state index < -0.39 is 0 Å². The van der Waals surface area contributed by atoms with E-state index in [4.69, 9.17) is 0 Å². The van der Waals surface area contributed by atoms with E-state index in [0.717, 1.165) is 59.3 Å². The van der Waals surface area contributed by atoms with Gasteiger partial charge in [-0.15, -0.1) is 0 Å². The predicted octanol–water partition coefficient (Wildman–Crippen LogP) is 6.02. The number of fused-ring (bicyclic) bond motifs is 1. The third kappa shape index (κ3) is 3.35. The largest absolute Gasteiger partial charge is 0.362 e. The molecule has 2 aromatic rings. The minimum atomic E-state index is -0.267. The number of ketones is 2. The Hall–Kier alpha value is -2.62. The summed E-state index contributed by atoms with van der Waals surface area (Å²) in [7, 11) is 0. The highest BCUT2D eigenvalue weighted by Gasteiger charge is 2.47. The van der Waals surface area contributed by atoms with Crippen molar-refractivity contribution in [2.75, 3.05) is 0 Å². The molecular formula is C28H34N2O2. The number of dihydropyridines is 1. The van der Waals surface area contributed by atoms with E-state index in [1.54, 1.807) is 0 Å². The van der Waals surface area contributed by atoms with Crippen LogP contribution in [0.15, 0.2) is 53.0 Å². The van der Waals surface area contributed by atoms with Crippen LogP contribution in [0, 0.1) is 10.8 Å². The first-order valence-electron chi connectivity index (χ1n) is 12.0. The number of hydrogen-bond acceptors (Lipinski definition) is 3. The summed E-state index contributed by atoms with van der Waals surface area (Å²) in [5.74, 6) is 0.104. The Morgan fingerprint density at radius 1 is 0.906 bits per heavy atom. The predicted molar refractivity (Wildman–Crippen MR) is 128 cm³/mol. The molecule has 0 amide bonds. The molecule has 1 aromatic heterocycles. The Morgan fingerprint density at radius 3 is 2.03 bits per heavy atom. The normalized spacial score (nSPS) is 22.8. The number of hydrogen-bond donors (Lipinski definition) is 1. The second kappa shape index (κ2) is 7.19. The van der Waals surface area contributed by atoms with Crippen molar-refractivity contribution in [3.8, 4) is 0 Å². The Morgan fingerprint density at radius 2 is 1.47 bits per heavy atom. The quantitative estimate of drug-likeness (QED) is 0.647. The van der Waals surface area contributed by atoms with Crippen molar-refractivity contribution in [2.24, 2.45) is 10.8 Å². The van der Waals surface area contributed by atoms with Gasteiger partial charge in [0.2, 0.25) is 0 Å². The number of allylic oxidation sites excluding steroid dienone is 4. The van der Waals surface area contributed by atoms with Crippen molar-refractivity contribution in [3.63, 3.8) is 0 Å². The number of aryl methyl sites for hydroxylation is 1. The zero-order chi connectivity index (χ0) is 22.8. The fourth-order valence-corrected chi connectivity index (χ4v) is 6.13. The van der Waals surface area contributed by atoms with Crippen LogP contribution in [0.1, 0.15) is 78.2 Å². The molecule has 5 rings (SSSR count). The molecule has 0 atom stereocenters. The minimum Gasteiger partial charge on any atom is -0.362 e. The average molecular weight is 431 g/mol. The number of para-hydroxylation sites is 1.